The molecular formula is C18H30O. The van der Waals surface area contributed by atoms with E-state index >= 15 is 0 Å². The fraction of sp³-hybridized carbons (Fsp3) is 0.722. The lowest BCUT2D eigenvalue weighted by atomic mass is 10.0. The number of rotatable bonds is 10. The maximum Gasteiger partial charge on any atom is 0.132 e. The van der Waals surface area contributed by atoms with Crippen molar-refractivity contribution < 1.29 is 4.79 Å². The number of ketones is 1. The van der Waals surface area contributed by atoms with Gasteiger partial charge in [0.05, 0.1) is 0 Å². The average Bonchev–Trinajstić information content (AvgIpc) is 2.67. The highest BCUT2D eigenvalue weighted by Gasteiger charge is 2.04. The molecule has 0 aliphatic heterocycles. The minimum atomic E-state index is 0.473. The summed E-state index contributed by atoms with van der Waals surface area (Å²) in [4.78, 5) is 11.8. The second-order valence-corrected chi connectivity index (χ2v) is 5.70. The van der Waals surface area contributed by atoms with Crippen LogP contribution in [0.5, 0.6) is 0 Å². The van der Waals surface area contributed by atoms with Crippen LogP contribution in [0.1, 0.15) is 84.0 Å². The number of carbonyl (C=O) groups is 1. The third kappa shape index (κ3) is 8.80. The molecule has 0 heterocycles. The number of hydrogen-bond donors (Lipinski definition) is 0. The molecule has 1 rings (SSSR count). The molecule has 0 atom stereocenters. The van der Waals surface area contributed by atoms with Gasteiger partial charge in [0, 0.05) is 12.8 Å². The fourth-order valence-electron chi connectivity index (χ4n) is 2.60. The first-order chi connectivity index (χ1) is 9.33. The van der Waals surface area contributed by atoms with Crippen molar-refractivity contribution in [2.45, 2.75) is 84.0 Å². The standard InChI is InChI=1S/C18H30O/c1-2-3-4-5-10-15-18(19)16-11-14-17-12-8-6-7-9-13-17/h6,8,12H,2-5,7,9-11,13-16H2,1H3. The molecule has 0 saturated carbocycles. The van der Waals surface area contributed by atoms with Gasteiger partial charge in [-0.2, -0.15) is 0 Å². The predicted octanol–water partition coefficient (Wildman–Crippen LogP) is 5.75. The lowest BCUT2D eigenvalue weighted by molar-refractivity contribution is -0.119. The minimum Gasteiger partial charge on any atom is -0.300 e. The summed E-state index contributed by atoms with van der Waals surface area (Å²) in [6.07, 6.45) is 20.4. The molecule has 108 valence electrons. The van der Waals surface area contributed by atoms with Gasteiger partial charge in [0.15, 0.2) is 0 Å². The van der Waals surface area contributed by atoms with E-state index in [1.807, 2.05) is 0 Å². The van der Waals surface area contributed by atoms with Gasteiger partial charge in [-0.15, -0.1) is 0 Å². The Labute approximate surface area is 119 Å². The molecule has 0 aromatic rings. The molecule has 1 heteroatoms. The van der Waals surface area contributed by atoms with Gasteiger partial charge in [0.1, 0.15) is 5.78 Å². The van der Waals surface area contributed by atoms with Crippen LogP contribution in [-0.2, 0) is 4.79 Å². The van der Waals surface area contributed by atoms with E-state index in [2.05, 4.69) is 25.2 Å². The second kappa shape index (κ2) is 11.0. The largest absolute Gasteiger partial charge is 0.300 e. The van der Waals surface area contributed by atoms with Crippen molar-refractivity contribution in [2.24, 2.45) is 0 Å². The first-order valence-corrected chi connectivity index (χ1v) is 8.19. The molecule has 0 aromatic carbocycles. The predicted molar refractivity (Wildman–Crippen MR) is 83.3 cm³/mol. The zero-order valence-corrected chi connectivity index (χ0v) is 12.6. The number of unbranched alkanes of at least 4 members (excludes halogenated alkanes) is 4. The molecule has 1 aliphatic rings. The number of carbonyl (C=O) groups excluding carboxylic acids is 1. The summed E-state index contributed by atoms with van der Waals surface area (Å²) in [6, 6.07) is 0. The minimum absolute atomic E-state index is 0.473. The topological polar surface area (TPSA) is 17.1 Å². The first-order valence-electron chi connectivity index (χ1n) is 8.19. The van der Waals surface area contributed by atoms with E-state index in [4.69, 9.17) is 0 Å². The van der Waals surface area contributed by atoms with Gasteiger partial charge in [0.25, 0.3) is 0 Å². The Bertz CT molecular complexity index is 299. The van der Waals surface area contributed by atoms with Crippen molar-refractivity contribution in [2.75, 3.05) is 0 Å². The average molecular weight is 262 g/mol. The molecule has 0 fully saturated rings. The normalized spacial score (nSPS) is 15.1. The Hall–Kier alpha value is -0.850. The van der Waals surface area contributed by atoms with E-state index < -0.39 is 0 Å². The van der Waals surface area contributed by atoms with Gasteiger partial charge in [-0.1, -0.05) is 56.4 Å². The van der Waals surface area contributed by atoms with Crippen molar-refractivity contribution in [3.05, 3.63) is 23.8 Å². The molecule has 19 heavy (non-hydrogen) atoms. The molecule has 1 aliphatic carbocycles. The molecule has 0 spiro atoms. The van der Waals surface area contributed by atoms with Crippen molar-refractivity contribution in [3.63, 3.8) is 0 Å². The highest BCUT2D eigenvalue weighted by Crippen LogP contribution is 2.18. The summed E-state index contributed by atoms with van der Waals surface area (Å²) in [5, 5.41) is 0. The molecule has 1 nitrogen and oxygen atoms in total. The molecule has 0 unspecified atom stereocenters. The molecule has 0 bridgehead atoms. The summed E-state index contributed by atoms with van der Waals surface area (Å²) in [7, 11) is 0. The van der Waals surface area contributed by atoms with Crippen molar-refractivity contribution >= 4 is 5.78 Å². The number of allylic oxidation sites excluding steroid dienone is 4. The van der Waals surface area contributed by atoms with Crippen LogP contribution in [0.25, 0.3) is 0 Å². The molecular weight excluding hydrogens is 232 g/mol. The summed E-state index contributed by atoms with van der Waals surface area (Å²) in [6.45, 7) is 2.22. The summed E-state index contributed by atoms with van der Waals surface area (Å²) >= 11 is 0. The third-order valence-electron chi connectivity index (χ3n) is 3.85. The van der Waals surface area contributed by atoms with Gasteiger partial charge in [-0.25, -0.2) is 0 Å². The van der Waals surface area contributed by atoms with Gasteiger partial charge in [0.2, 0.25) is 0 Å². The van der Waals surface area contributed by atoms with Crippen LogP contribution in [0.4, 0.5) is 0 Å². The highest BCUT2D eigenvalue weighted by molar-refractivity contribution is 5.78. The fourth-order valence-corrected chi connectivity index (χ4v) is 2.60. The highest BCUT2D eigenvalue weighted by atomic mass is 16.1. The lowest BCUT2D eigenvalue weighted by Crippen LogP contribution is -1.98. The Balaban J connectivity index is 2.00. The Morgan fingerprint density at radius 1 is 1.11 bits per heavy atom. The zero-order chi connectivity index (χ0) is 13.8. The van der Waals surface area contributed by atoms with E-state index in [1.54, 1.807) is 0 Å². The van der Waals surface area contributed by atoms with Gasteiger partial charge in [-0.3, -0.25) is 4.79 Å². The number of hydrogen-bond acceptors (Lipinski definition) is 1. The summed E-state index contributed by atoms with van der Waals surface area (Å²) in [5.74, 6) is 0.473. The maximum absolute atomic E-state index is 11.8. The van der Waals surface area contributed by atoms with E-state index in [0.29, 0.717) is 5.78 Å². The van der Waals surface area contributed by atoms with Gasteiger partial charge < -0.3 is 0 Å². The van der Waals surface area contributed by atoms with Crippen LogP contribution in [0.15, 0.2) is 23.8 Å². The molecule has 0 radical (unpaired) electrons. The Morgan fingerprint density at radius 2 is 1.89 bits per heavy atom. The van der Waals surface area contributed by atoms with E-state index in [0.717, 1.165) is 32.1 Å². The second-order valence-electron chi connectivity index (χ2n) is 5.70. The Morgan fingerprint density at radius 3 is 2.74 bits per heavy atom. The quantitative estimate of drug-likeness (QED) is 0.458. The lowest BCUT2D eigenvalue weighted by Gasteiger charge is -2.05. The van der Waals surface area contributed by atoms with E-state index in [-0.39, 0.29) is 0 Å². The molecule has 0 N–H and O–H groups in total. The molecule has 0 saturated heterocycles. The third-order valence-corrected chi connectivity index (χ3v) is 3.85. The summed E-state index contributed by atoms with van der Waals surface area (Å²) in [5.41, 5.74) is 1.53. The van der Waals surface area contributed by atoms with Crippen LogP contribution in [0.2, 0.25) is 0 Å². The summed E-state index contributed by atoms with van der Waals surface area (Å²) < 4.78 is 0. The van der Waals surface area contributed by atoms with Crippen LogP contribution in [-0.4, -0.2) is 5.78 Å². The molecule has 0 amide bonds. The van der Waals surface area contributed by atoms with Crippen molar-refractivity contribution in [1.29, 1.82) is 0 Å². The van der Waals surface area contributed by atoms with Crippen LogP contribution in [0.3, 0.4) is 0 Å². The first kappa shape index (κ1) is 16.2. The van der Waals surface area contributed by atoms with Crippen LogP contribution in [0, 0.1) is 0 Å². The monoisotopic (exact) mass is 262 g/mol. The van der Waals surface area contributed by atoms with E-state index in [9.17, 15) is 4.79 Å². The Kier molecular flexibility index (Phi) is 9.40. The van der Waals surface area contributed by atoms with Crippen molar-refractivity contribution in [1.82, 2.24) is 0 Å². The molecule has 0 aromatic heterocycles. The van der Waals surface area contributed by atoms with Crippen molar-refractivity contribution in [3.8, 4) is 0 Å². The van der Waals surface area contributed by atoms with Gasteiger partial charge >= 0.3 is 0 Å². The SMILES string of the molecule is CCCCCCCC(=O)CCCC1=CC=CCCC1. The van der Waals surface area contributed by atoms with Crippen LogP contribution < -0.4 is 0 Å². The maximum atomic E-state index is 11.8. The van der Waals surface area contributed by atoms with E-state index in [1.165, 1.54) is 50.5 Å². The van der Waals surface area contributed by atoms with Crippen LogP contribution >= 0.6 is 0 Å². The smallest absolute Gasteiger partial charge is 0.132 e. The van der Waals surface area contributed by atoms with Gasteiger partial charge in [-0.05, 0) is 38.5 Å². The number of Topliss-reactive ketones (excluding diaryl/α,β-unsaturated/α-hetero) is 1. The zero-order valence-electron chi connectivity index (χ0n) is 12.6.